The molecule has 8 heteroatoms. The summed E-state index contributed by atoms with van der Waals surface area (Å²) in [5.74, 6) is -0.546. The molecular weight excluding hydrogens is 565 g/mol. The minimum atomic E-state index is -0.380. The van der Waals surface area contributed by atoms with Crippen LogP contribution in [0.3, 0.4) is 0 Å². The van der Waals surface area contributed by atoms with Crippen LogP contribution in [0.25, 0.3) is 44.3 Å². The van der Waals surface area contributed by atoms with E-state index in [1.54, 1.807) is 25.2 Å². The Morgan fingerprint density at radius 1 is 0.907 bits per heavy atom. The summed E-state index contributed by atoms with van der Waals surface area (Å²) in [4.78, 5) is 29.8. The van der Waals surface area contributed by atoms with Crippen LogP contribution in [0.2, 0.25) is 5.02 Å². The molecule has 0 radical (unpaired) electrons. The normalized spacial score (nSPS) is 11.7. The second kappa shape index (κ2) is 11.1. The first-order valence-electron chi connectivity index (χ1n) is 13.9. The SMILES string of the molecule is CNC(=O)c1c(-c2ccc(F)cc2)oc2c1cc(-c1cccc(C(=O)NCC(C)(C)c3ccc(Cl)cc3)c1)c1[nH]ccc12. The summed E-state index contributed by atoms with van der Waals surface area (Å²) in [7, 11) is 1.56. The predicted molar refractivity (Wildman–Crippen MR) is 169 cm³/mol. The van der Waals surface area contributed by atoms with Crippen LogP contribution < -0.4 is 10.6 Å². The number of carbonyl (C=O) groups excluding carboxylic acids is 2. The molecule has 0 spiro atoms. The molecule has 0 unspecified atom stereocenters. The van der Waals surface area contributed by atoms with Gasteiger partial charge in [0.15, 0.2) is 0 Å². The molecule has 6 aromatic rings. The number of benzene rings is 4. The second-order valence-electron chi connectivity index (χ2n) is 11.1. The highest BCUT2D eigenvalue weighted by Gasteiger charge is 2.25. The number of hydrogen-bond donors (Lipinski definition) is 3. The summed E-state index contributed by atoms with van der Waals surface area (Å²) in [6, 6.07) is 24.7. The molecular formula is C35H29ClFN3O3. The lowest BCUT2D eigenvalue weighted by molar-refractivity contribution is 0.0943. The van der Waals surface area contributed by atoms with Crippen LogP contribution in [0, 0.1) is 5.82 Å². The number of rotatable bonds is 7. The maximum Gasteiger partial charge on any atom is 0.255 e. The van der Waals surface area contributed by atoms with Gasteiger partial charge in [-0.1, -0.05) is 49.7 Å². The van der Waals surface area contributed by atoms with Crippen LogP contribution in [0.4, 0.5) is 4.39 Å². The molecule has 3 N–H and O–H groups in total. The van der Waals surface area contributed by atoms with E-state index in [4.69, 9.17) is 16.0 Å². The molecule has 0 aliphatic heterocycles. The maximum absolute atomic E-state index is 13.7. The molecule has 6 nitrogen and oxygen atoms in total. The van der Waals surface area contributed by atoms with Crippen LogP contribution in [-0.2, 0) is 5.41 Å². The van der Waals surface area contributed by atoms with Gasteiger partial charge in [0, 0.05) is 57.7 Å². The Morgan fingerprint density at radius 2 is 1.65 bits per heavy atom. The summed E-state index contributed by atoms with van der Waals surface area (Å²) >= 11 is 6.05. The van der Waals surface area contributed by atoms with Gasteiger partial charge in [-0.25, -0.2) is 4.39 Å². The zero-order valence-corrected chi connectivity index (χ0v) is 24.6. The van der Waals surface area contributed by atoms with Crippen molar-refractivity contribution in [3.8, 4) is 22.5 Å². The summed E-state index contributed by atoms with van der Waals surface area (Å²) in [5.41, 5.74) is 5.16. The van der Waals surface area contributed by atoms with Gasteiger partial charge < -0.3 is 20.0 Å². The van der Waals surface area contributed by atoms with Crippen molar-refractivity contribution in [2.75, 3.05) is 13.6 Å². The number of H-pyrrole nitrogens is 1. The lowest BCUT2D eigenvalue weighted by atomic mass is 9.84. The molecule has 0 saturated heterocycles. The van der Waals surface area contributed by atoms with Crippen molar-refractivity contribution < 1.29 is 18.4 Å². The van der Waals surface area contributed by atoms with Gasteiger partial charge in [-0.05, 0) is 71.8 Å². The first-order chi connectivity index (χ1) is 20.7. The van der Waals surface area contributed by atoms with Gasteiger partial charge in [0.05, 0.1) is 11.1 Å². The molecule has 0 saturated carbocycles. The highest BCUT2D eigenvalue weighted by Crippen LogP contribution is 2.41. The molecule has 216 valence electrons. The Kier molecular flexibility index (Phi) is 7.28. The molecule has 2 amide bonds. The maximum atomic E-state index is 13.7. The second-order valence-corrected chi connectivity index (χ2v) is 11.6. The lowest BCUT2D eigenvalue weighted by Gasteiger charge is -2.25. The molecule has 0 aliphatic rings. The summed E-state index contributed by atoms with van der Waals surface area (Å²) in [6.07, 6.45) is 1.81. The van der Waals surface area contributed by atoms with E-state index in [1.807, 2.05) is 60.8 Å². The molecule has 2 heterocycles. The van der Waals surface area contributed by atoms with Gasteiger partial charge in [0.25, 0.3) is 11.8 Å². The largest absolute Gasteiger partial charge is 0.454 e. The average molecular weight is 594 g/mol. The van der Waals surface area contributed by atoms with E-state index < -0.39 is 0 Å². The van der Waals surface area contributed by atoms with E-state index in [2.05, 4.69) is 29.5 Å². The highest BCUT2D eigenvalue weighted by molar-refractivity contribution is 6.30. The molecule has 6 rings (SSSR count). The number of aromatic amines is 1. The number of halogens is 2. The van der Waals surface area contributed by atoms with Crippen molar-refractivity contribution in [3.63, 3.8) is 0 Å². The van der Waals surface area contributed by atoms with E-state index in [1.165, 1.54) is 12.1 Å². The molecule has 4 aromatic carbocycles. The Bertz CT molecular complexity index is 1990. The van der Waals surface area contributed by atoms with Crippen molar-refractivity contribution in [1.82, 2.24) is 15.6 Å². The van der Waals surface area contributed by atoms with E-state index >= 15 is 0 Å². The third kappa shape index (κ3) is 5.28. The van der Waals surface area contributed by atoms with Crippen molar-refractivity contribution >= 4 is 45.3 Å². The number of fused-ring (bicyclic) bond motifs is 3. The van der Waals surface area contributed by atoms with Crippen molar-refractivity contribution in [2.45, 2.75) is 19.3 Å². The summed E-state index contributed by atoms with van der Waals surface area (Å²) < 4.78 is 20.0. The topological polar surface area (TPSA) is 87.1 Å². The van der Waals surface area contributed by atoms with Gasteiger partial charge in [0.1, 0.15) is 17.2 Å². The van der Waals surface area contributed by atoms with Crippen LogP contribution in [0.1, 0.15) is 40.1 Å². The van der Waals surface area contributed by atoms with Crippen molar-refractivity contribution in [1.29, 1.82) is 0 Å². The Labute approximate surface area is 252 Å². The van der Waals surface area contributed by atoms with Crippen LogP contribution in [0.15, 0.2) is 95.5 Å². The smallest absolute Gasteiger partial charge is 0.255 e. The van der Waals surface area contributed by atoms with Gasteiger partial charge in [-0.3, -0.25) is 9.59 Å². The quantitative estimate of drug-likeness (QED) is 0.175. The minimum absolute atomic E-state index is 0.194. The van der Waals surface area contributed by atoms with Crippen LogP contribution >= 0.6 is 11.6 Å². The van der Waals surface area contributed by atoms with Crippen LogP contribution in [-0.4, -0.2) is 30.4 Å². The fourth-order valence-electron chi connectivity index (χ4n) is 5.40. The molecule has 0 bridgehead atoms. The zero-order chi connectivity index (χ0) is 30.3. The van der Waals surface area contributed by atoms with Crippen molar-refractivity contribution in [2.24, 2.45) is 0 Å². The van der Waals surface area contributed by atoms with E-state index in [9.17, 15) is 14.0 Å². The summed E-state index contributed by atoms with van der Waals surface area (Å²) in [5, 5.41) is 7.84. The average Bonchev–Trinajstić information content (AvgIpc) is 3.65. The first-order valence-corrected chi connectivity index (χ1v) is 14.2. The number of nitrogens with one attached hydrogen (secondary N) is 3. The molecule has 0 aliphatic carbocycles. The van der Waals surface area contributed by atoms with E-state index in [0.717, 1.165) is 27.6 Å². The fourth-order valence-corrected chi connectivity index (χ4v) is 5.52. The summed E-state index contributed by atoms with van der Waals surface area (Å²) in [6.45, 7) is 4.57. The van der Waals surface area contributed by atoms with Gasteiger partial charge in [-0.2, -0.15) is 0 Å². The Hall–Kier alpha value is -4.88. The molecule has 0 fully saturated rings. The van der Waals surface area contributed by atoms with Gasteiger partial charge in [0.2, 0.25) is 0 Å². The third-order valence-corrected chi connectivity index (χ3v) is 8.06. The van der Waals surface area contributed by atoms with Gasteiger partial charge in [-0.15, -0.1) is 0 Å². The first kappa shape index (κ1) is 28.2. The highest BCUT2D eigenvalue weighted by atomic mass is 35.5. The number of aromatic nitrogens is 1. The fraction of sp³-hybridized carbons (Fsp3) is 0.143. The van der Waals surface area contributed by atoms with Crippen molar-refractivity contribution in [3.05, 3.63) is 119 Å². The van der Waals surface area contributed by atoms with Gasteiger partial charge >= 0.3 is 0 Å². The number of furan rings is 1. The lowest BCUT2D eigenvalue weighted by Crippen LogP contribution is -2.36. The number of amides is 2. The van der Waals surface area contributed by atoms with E-state index in [-0.39, 0.29) is 23.0 Å². The van der Waals surface area contributed by atoms with E-state index in [0.29, 0.717) is 45.0 Å². The standard InChI is InChI=1S/C35H29ClFN3O3/c1-35(2,23-9-11-24(36)12-10-23)19-40-33(41)22-6-4-5-21(17-22)27-18-28-29(34(42)38-3)31(20-7-13-25(37)14-8-20)43-32(28)26-15-16-39-30(26)27/h4-18,39H,19H2,1-3H3,(H,38,42)(H,40,41). The predicted octanol–water partition coefficient (Wildman–Crippen LogP) is 8.11. The van der Waals surface area contributed by atoms with Crippen LogP contribution in [0.5, 0.6) is 0 Å². The molecule has 43 heavy (non-hydrogen) atoms. The third-order valence-electron chi connectivity index (χ3n) is 7.81. The molecule has 2 aromatic heterocycles. The number of hydrogen-bond acceptors (Lipinski definition) is 3. The number of carbonyl (C=O) groups is 2. The molecule has 0 atom stereocenters. The Balaban J connectivity index is 1.39. The monoisotopic (exact) mass is 593 g/mol. The Morgan fingerprint density at radius 3 is 2.37 bits per heavy atom. The minimum Gasteiger partial charge on any atom is -0.454 e. The zero-order valence-electron chi connectivity index (χ0n) is 23.8.